The standard InChI is InChI=1S/C21H22N2O2/c24-15-21(10-11-21)14-22-20(25)18-13-23(12-16-6-2-1-3-7-16)19-9-5-4-8-17(18)19/h1-9,13,24H,10-12,14-15H2,(H,22,25). The number of aromatic nitrogens is 1. The second-order valence-corrected chi connectivity index (χ2v) is 7.01. The molecule has 0 unspecified atom stereocenters. The van der Waals surface area contributed by atoms with E-state index in [2.05, 4.69) is 22.0 Å². The van der Waals surface area contributed by atoms with Crippen molar-refractivity contribution in [1.29, 1.82) is 0 Å². The number of carbonyl (C=O) groups excluding carboxylic acids is 1. The van der Waals surface area contributed by atoms with Gasteiger partial charge in [-0.05, 0) is 24.5 Å². The molecule has 1 saturated carbocycles. The smallest absolute Gasteiger partial charge is 0.253 e. The first-order valence-electron chi connectivity index (χ1n) is 8.72. The van der Waals surface area contributed by atoms with Crippen LogP contribution >= 0.6 is 0 Å². The molecular formula is C21H22N2O2. The molecule has 0 spiro atoms. The van der Waals surface area contributed by atoms with Gasteiger partial charge in [0.05, 0.1) is 12.2 Å². The maximum atomic E-state index is 12.7. The van der Waals surface area contributed by atoms with E-state index < -0.39 is 0 Å². The van der Waals surface area contributed by atoms with E-state index in [4.69, 9.17) is 0 Å². The highest BCUT2D eigenvalue weighted by Crippen LogP contribution is 2.44. The maximum Gasteiger partial charge on any atom is 0.253 e. The van der Waals surface area contributed by atoms with Crippen LogP contribution in [0, 0.1) is 5.41 Å². The molecule has 4 nitrogen and oxygen atoms in total. The number of rotatable bonds is 6. The highest BCUT2D eigenvalue weighted by molar-refractivity contribution is 6.07. The van der Waals surface area contributed by atoms with E-state index in [1.807, 2.05) is 48.7 Å². The third kappa shape index (κ3) is 3.17. The zero-order chi connectivity index (χ0) is 17.3. The van der Waals surface area contributed by atoms with E-state index >= 15 is 0 Å². The van der Waals surface area contributed by atoms with Crippen LogP contribution < -0.4 is 5.32 Å². The second-order valence-electron chi connectivity index (χ2n) is 7.01. The van der Waals surface area contributed by atoms with Crippen molar-refractivity contribution in [2.24, 2.45) is 5.41 Å². The summed E-state index contributed by atoms with van der Waals surface area (Å²) in [6, 6.07) is 18.2. The van der Waals surface area contributed by atoms with E-state index in [0.717, 1.165) is 30.3 Å². The number of hydrogen-bond donors (Lipinski definition) is 2. The molecule has 1 aliphatic carbocycles. The lowest BCUT2D eigenvalue weighted by atomic mass is 10.1. The molecule has 0 aliphatic heterocycles. The van der Waals surface area contributed by atoms with Crippen LogP contribution in [0.1, 0.15) is 28.8 Å². The van der Waals surface area contributed by atoms with Crippen LogP contribution in [-0.2, 0) is 6.54 Å². The van der Waals surface area contributed by atoms with Crippen LogP contribution in [0.4, 0.5) is 0 Å². The second kappa shape index (κ2) is 6.37. The number of benzene rings is 2. The number of amides is 1. The van der Waals surface area contributed by atoms with Gasteiger partial charge in [-0.2, -0.15) is 0 Å². The predicted octanol–water partition coefficient (Wildman–Crippen LogP) is 3.19. The average Bonchev–Trinajstić information content (AvgIpc) is 3.36. The van der Waals surface area contributed by atoms with Crippen molar-refractivity contribution >= 4 is 16.8 Å². The van der Waals surface area contributed by atoms with Crippen molar-refractivity contribution in [2.75, 3.05) is 13.2 Å². The zero-order valence-electron chi connectivity index (χ0n) is 14.1. The van der Waals surface area contributed by atoms with Crippen LogP contribution in [0.2, 0.25) is 0 Å². The van der Waals surface area contributed by atoms with Gasteiger partial charge in [-0.25, -0.2) is 0 Å². The Morgan fingerprint density at radius 3 is 2.52 bits per heavy atom. The van der Waals surface area contributed by atoms with Gasteiger partial charge in [0.1, 0.15) is 0 Å². The van der Waals surface area contributed by atoms with Gasteiger partial charge >= 0.3 is 0 Å². The largest absolute Gasteiger partial charge is 0.396 e. The summed E-state index contributed by atoms with van der Waals surface area (Å²) < 4.78 is 2.12. The average molecular weight is 334 g/mol. The number of para-hydroxylation sites is 1. The highest BCUT2D eigenvalue weighted by atomic mass is 16.3. The summed E-state index contributed by atoms with van der Waals surface area (Å²) in [5.74, 6) is -0.0669. The lowest BCUT2D eigenvalue weighted by molar-refractivity contribution is 0.0936. The summed E-state index contributed by atoms with van der Waals surface area (Å²) >= 11 is 0. The molecule has 2 N–H and O–H groups in total. The van der Waals surface area contributed by atoms with Gasteiger partial charge in [-0.15, -0.1) is 0 Å². The quantitative estimate of drug-likeness (QED) is 0.727. The van der Waals surface area contributed by atoms with Crippen LogP contribution in [0.15, 0.2) is 60.8 Å². The third-order valence-corrected chi connectivity index (χ3v) is 5.15. The molecule has 3 aromatic rings. The molecule has 0 radical (unpaired) electrons. The van der Waals surface area contributed by atoms with Crippen molar-refractivity contribution in [3.05, 3.63) is 71.9 Å². The Morgan fingerprint density at radius 2 is 1.80 bits per heavy atom. The first-order chi connectivity index (χ1) is 12.2. The lowest BCUT2D eigenvalue weighted by Gasteiger charge is -2.12. The predicted molar refractivity (Wildman–Crippen MR) is 98.6 cm³/mol. The van der Waals surface area contributed by atoms with Gasteiger partial charge < -0.3 is 15.0 Å². The SMILES string of the molecule is O=C(NCC1(CO)CC1)c1cn(Cc2ccccc2)c2ccccc12. The van der Waals surface area contributed by atoms with Crippen LogP contribution in [0.25, 0.3) is 10.9 Å². The van der Waals surface area contributed by atoms with Crippen molar-refractivity contribution < 1.29 is 9.90 Å². The molecule has 0 saturated heterocycles. The molecule has 1 aliphatic rings. The van der Waals surface area contributed by atoms with E-state index in [0.29, 0.717) is 12.1 Å². The molecular weight excluding hydrogens is 312 g/mol. The van der Waals surface area contributed by atoms with E-state index in [1.165, 1.54) is 5.56 Å². The Labute approximate surface area is 147 Å². The van der Waals surface area contributed by atoms with Crippen molar-refractivity contribution in [3.63, 3.8) is 0 Å². The number of fused-ring (bicyclic) bond motifs is 1. The number of carbonyl (C=O) groups is 1. The van der Waals surface area contributed by atoms with Crippen LogP contribution in [-0.4, -0.2) is 28.7 Å². The van der Waals surface area contributed by atoms with Gasteiger partial charge in [-0.1, -0.05) is 48.5 Å². The molecule has 0 atom stereocenters. The van der Waals surface area contributed by atoms with Crippen LogP contribution in [0.5, 0.6) is 0 Å². The first-order valence-corrected chi connectivity index (χ1v) is 8.72. The first kappa shape index (κ1) is 15.9. The van der Waals surface area contributed by atoms with Crippen LogP contribution in [0.3, 0.4) is 0 Å². The summed E-state index contributed by atoms with van der Waals surface area (Å²) in [6.45, 7) is 1.42. The third-order valence-electron chi connectivity index (χ3n) is 5.15. The van der Waals surface area contributed by atoms with E-state index in [-0.39, 0.29) is 17.9 Å². The fraction of sp³-hybridized carbons (Fsp3) is 0.286. The van der Waals surface area contributed by atoms with Gasteiger partial charge in [0.15, 0.2) is 0 Å². The Hall–Kier alpha value is -2.59. The summed E-state index contributed by atoms with van der Waals surface area (Å²) in [6.07, 6.45) is 3.91. The topological polar surface area (TPSA) is 54.3 Å². The minimum Gasteiger partial charge on any atom is -0.396 e. The molecule has 128 valence electrons. The highest BCUT2D eigenvalue weighted by Gasteiger charge is 2.42. The lowest BCUT2D eigenvalue weighted by Crippen LogP contribution is -2.31. The molecule has 1 fully saturated rings. The van der Waals surface area contributed by atoms with Gasteiger partial charge in [0, 0.05) is 35.6 Å². The van der Waals surface area contributed by atoms with Crippen molar-refractivity contribution in [2.45, 2.75) is 19.4 Å². The Bertz CT molecular complexity index is 895. The normalized spacial score (nSPS) is 15.2. The van der Waals surface area contributed by atoms with Crippen molar-refractivity contribution in [3.8, 4) is 0 Å². The Kier molecular flexibility index (Phi) is 4.06. The summed E-state index contributed by atoms with van der Waals surface area (Å²) in [4.78, 5) is 12.7. The monoisotopic (exact) mass is 334 g/mol. The minimum atomic E-state index is -0.0853. The molecule has 1 amide bonds. The molecule has 25 heavy (non-hydrogen) atoms. The van der Waals surface area contributed by atoms with Crippen molar-refractivity contribution in [1.82, 2.24) is 9.88 Å². The Balaban J connectivity index is 1.61. The molecule has 1 aromatic heterocycles. The maximum absolute atomic E-state index is 12.7. The van der Waals surface area contributed by atoms with E-state index in [9.17, 15) is 9.90 Å². The molecule has 2 aromatic carbocycles. The number of nitrogens with zero attached hydrogens (tertiary/aromatic N) is 1. The molecule has 1 heterocycles. The zero-order valence-corrected chi connectivity index (χ0v) is 14.1. The fourth-order valence-electron chi connectivity index (χ4n) is 3.27. The molecule has 0 bridgehead atoms. The molecule has 4 rings (SSSR count). The van der Waals surface area contributed by atoms with E-state index in [1.54, 1.807) is 0 Å². The Morgan fingerprint density at radius 1 is 1.08 bits per heavy atom. The van der Waals surface area contributed by atoms with Gasteiger partial charge in [0.25, 0.3) is 5.91 Å². The summed E-state index contributed by atoms with van der Waals surface area (Å²) in [5, 5.41) is 13.4. The van der Waals surface area contributed by atoms with Gasteiger partial charge in [0.2, 0.25) is 0 Å². The number of hydrogen-bond acceptors (Lipinski definition) is 2. The summed E-state index contributed by atoms with van der Waals surface area (Å²) in [5.41, 5.74) is 2.87. The van der Waals surface area contributed by atoms with Gasteiger partial charge in [-0.3, -0.25) is 4.79 Å². The molecule has 4 heteroatoms. The summed E-state index contributed by atoms with van der Waals surface area (Å²) in [7, 11) is 0. The number of aliphatic hydroxyl groups excluding tert-OH is 1. The minimum absolute atomic E-state index is 0.0669. The fourth-order valence-corrected chi connectivity index (χ4v) is 3.27. The number of aliphatic hydroxyl groups is 1. The number of nitrogens with one attached hydrogen (secondary N) is 1.